The molecule has 0 aliphatic carbocycles. The molecule has 8 heteroatoms. The SMILES string of the molecule is N#CN1CC[C@@H](CS(=O)(=O)N2CCCn3nc(-c4ccccc4)cc32)C1. The Morgan fingerprint density at radius 2 is 2.00 bits per heavy atom. The summed E-state index contributed by atoms with van der Waals surface area (Å²) in [6.07, 6.45) is 3.60. The Kier molecular flexibility index (Phi) is 4.32. The molecule has 0 spiro atoms. The zero-order valence-corrected chi connectivity index (χ0v) is 15.3. The van der Waals surface area contributed by atoms with Gasteiger partial charge in [-0.3, -0.25) is 4.31 Å². The van der Waals surface area contributed by atoms with Crippen molar-refractivity contribution >= 4 is 15.8 Å². The van der Waals surface area contributed by atoms with Crippen molar-refractivity contribution in [3.63, 3.8) is 0 Å². The standard InChI is InChI=1S/C18H21N5O2S/c19-14-21-10-7-15(12-21)13-26(24,25)23-9-4-8-22-18(23)11-17(20-22)16-5-2-1-3-6-16/h1-3,5-6,11,15H,4,7-10,12-13H2/t15-/m1/s1. The third-order valence-electron chi connectivity index (χ3n) is 5.02. The van der Waals surface area contributed by atoms with Gasteiger partial charge in [-0.2, -0.15) is 10.4 Å². The Labute approximate surface area is 153 Å². The molecule has 0 amide bonds. The van der Waals surface area contributed by atoms with Crippen LogP contribution in [0.3, 0.4) is 0 Å². The Morgan fingerprint density at radius 3 is 2.73 bits per heavy atom. The Morgan fingerprint density at radius 1 is 1.19 bits per heavy atom. The second-order valence-corrected chi connectivity index (χ2v) is 8.82. The number of fused-ring (bicyclic) bond motifs is 1. The van der Waals surface area contributed by atoms with Gasteiger partial charge in [0.1, 0.15) is 5.82 Å². The van der Waals surface area contributed by atoms with Crippen LogP contribution in [0.2, 0.25) is 0 Å². The Balaban J connectivity index is 1.59. The van der Waals surface area contributed by atoms with Crippen molar-refractivity contribution in [1.82, 2.24) is 14.7 Å². The van der Waals surface area contributed by atoms with E-state index in [1.54, 1.807) is 9.58 Å². The molecule has 3 heterocycles. The molecule has 4 rings (SSSR count). The van der Waals surface area contributed by atoms with Crippen molar-refractivity contribution in [2.75, 3.05) is 29.7 Å². The van der Waals surface area contributed by atoms with Crippen LogP contribution in [0.4, 0.5) is 5.82 Å². The van der Waals surface area contributed by atoms with Crippen molar-refractivity contribution in [3.8, 4) is 17.5 Å². The van der Waals surface area contributed by atoms with Crippen molar-refractivity contribution < 1.29 is 8.42 Å². The third kappa shape index (κ3) is 3.15. The van der Waals surface area contributed by atoms with E-state index < -0.39 is 10.0 Å². The number of nitrogens with zero attached hydrogens (tertiary/aromatic N) is 5. The number of benzene rings is 1. The van der Waals surface area contributed by atoms with Crippen LogP contribution in [0.15, 0.2) is 36.4 Å². The molecule has 1 saturated heterocycles. The summed E-state index contributed by atoms with van der Waals surface area (Å²) in [5.74, 6) is 0.730. The van der Waals surface area contributed by atoms with Crippen molar-refractivity contribution in [2.24, 2.45) is 5.92 Å². The zero-order chi connectivity index (χ0) is 18.1. The molecule has 7 nitrogen and oxygen atoms in total. The van der Waals surface area contributed by atoms with E-state index >= 15 is 0 Å². The highest BCUT2D eigenvalue weighted by Crippen LogP contribution is 2.30. The number of rotatable bonds is 4. The van der Waals surface area contributed by atoms with Crippen LogP contribution < -0.4 is 4.31 Å². The number of nitriles is 1. The van der Waals surface area contributed by atoms with Gasteiger partial charge in [-0.1, -0.05) is 30.3 Å². The summed E-state index contributed by atoms with van der Waals surface area (Å²) in [6, 6.07) is 11.7. The first-order valence-electron chi connectivity index (χ1n) is 8.85. The number of anilines is 1. The van der Waals surface area contributed by atoms with Gasteiger partial charge in [0.2, 0.25) is 10.0 Å². The highest BCUT2D eigenvalue weighted by Gasteiger charge is 2.34. The molecular formula is C18H21N5O2S. The second kappa shape index (κ2) is 6.65. The van der Waals surface area contributed by atoms with Gasteiger partial charge in [0.15, 0.2) is 6.19 Å². The lowest BCUT2D eigenvalue weighted by Gasteiger charge is -2.29. The minimum absolute atomic E-state index is 0.00606. The largest absolute Gasteiger partial charge is 0.310 e. The quantitative estimate of drug-likeness (QED) is 0.767. The lowest BCUT2D eigenvalue weighted by Crippen LogP contribution is -2.40. The fraction of sp³-hybridized carbons (Fsp3) is 0.444. The van der Waals surface area contributed by atoms with E-state index in [1.165, 1.54) is 4.31 Å². The van der Waals surface area contributed by atoms with Crippen LogP contribution in [0.25, 0.3) is 11.3 Å². The van der Waals surface area contributed by atoms with Gasteiger partial charge in [-0.15, -0.1) is 0 Å². The molecule has 1 aromatic heterocycles. The number of aryl methyl sites for hydroxylation is 1. The minimum atomic E-state index is -3.44. The summed E-state index contributed by atoms with van der Waals surface area (Å²) >= 11 is 0. The number of aromatic nitrogens is 2. The molecule has 0 saturated carbocycles. The molecule has 0 radical (unpaired) electrons. The highest BCUT2D eigenvalue weighted by atomic mass is 32.2. The fourth-order valence-corrected chi connectivity index (χ4v) is 5.62. The van der Waals surface area contributed by atoms with E-state index in [9.17, 15) is 8.42 Å². The molecule has 1 atom stereocenters. The van der Waals surface area contributed by atoms with Gasteiger partial charge in [0.25, 0.3) is 0 Å². The van der Waals surface area contributed by atoms with Gasteiger partial charge >= 0.3 is 0 Å². The summed E-state index contributed by atoms with van der Waals surface area (Å²) in [7, 11) is -3.44. The predicted octanol–water partition coefficient (Wildman–Crippen LogP) is 1.89. The first-order valence-corrected chi connectivity index (χ1v) is 10.5. The van der Waals surface area contributed by atoms with E-state index in [2.05, 4.69) is 11.3 Å². The average molecular weight is 371 g/mol. The van der Waals surface area contributed by atoms with E-state index in [1.807, 2.05) is 36.4 Å². The topological polar surface area (TPSA) is 82.2 Å². The molecule has 2 aliphatic heterocycles. The zero-order valence-electron chi connectivity index (χ0n) is 14.5. The van der Waals surface area contributed by atoms with Gasteiger partial charge in [-0.05, 0) is 18.8 Å². The van der Waals surface area contributed by atoms with Crippen molar-refractivity contribution in [3.05, 3.63) is 36.4 Å². The maximum absolute atomic E-state index is 13.0. The number of hydrogen-bond donors (Lipinski definition) is 0. The molecule has 26 heavy (non-hydrogen) atoms. The summed E-state index contributed by atoms with van der Waals surface area (Å²) in [5, 5.41) is 13.6. The molecule has 0 unspecified atom stereocenters. The van der Waals surface area contributed by atoms with Gasteiger partial charge in [0, 0.05) is 37.8 Å². The van der Waals surface area contributed by atoms with Crippen LogP contribution in [0.1, 0.15) is 12.8 Å². The Hall–Kier alpha value is -2.53. The monoisotopic (exact) mass is 371 g/mol. The highest BCUT2D eigenvalue weighted by molar-refractivity contribution is 7.92. The molecule has 2 aliphatic rings. The van der Waals surface area contributed by atoms with Crippen LogP contribution in [0.5, 0.6) is 0 Å². The molecule has 0 bridgehead atoms. The minimum Gasteiger partial charge on any atom is -0.310 e. The van der Waals surface area contributed by atoms with Crippen LogP contribution in [0, 0.1) is 17.4 Å². The Bertz CT molecular complexity index is 932. The lowest BCUT2D eigenvalue weighted by molar-refractivity contribution is 0.463. The van der Waals surface area contributed by atoms with Crippen molar-refractivity contribution in [1.29, 1.82) is 5.26 Å². The molecule has 0 N–H and O–H groups in total. The molecule has 1 fully saturated rings. The van der Waals surface area contributed by atoms with Gasteiger partial charge < -0.3 is 4.90 Å². The second-order valence-electron chi connectivity index (χ2n) is 6.88. The lowest BCUT2D eigenvalue weighted by atomic mass is 10.1. The average Bonchev–Trinajstić information content (AvgIpc) is 3.28. The first kappa shape index (κ1) is 16.9. The third-order valence-corrected chi connectivity index (χ3v) is 6.96. The van der Waals surface area contributed by atoms with E-state index in [-0.39, 0.29) is 11.7 Å². The van der Waals surface area contributed by atoms with Crippen LogP contribution in [-0.4, -0.2) is 48.5 Å². The summed E-state index contributed by atoms with van der Waals surface area (Å²) < 4.78 is 29.4. The predicted molar refractivity (Wildman–Crippen MR) is 98.7 cm³/mol. The summed E-state index contributed by atoms with van der Waals surface area (Å²) in [6.45, 7) is 2.38. The maximum Gasteiger partial charge on any atom is 0.236 e. The molecule has 136 valence electrons. The van der Waals surface area contributed by atoms with Crippen molar-refractivity contribution in [2.45, 2.75) is 19.4 Å². The van der Waals surface area contributed by atoms with E-state index in [4.69, 9.17) is 5.26 Å². The first-order chi connectivity index (χ1) is 12.6. The van der Waals surface area contributed by atoms with E-state index in [0.29, 0.717) is 25.5 Å². The normalized spacial score (nSPS) is 20.0. The van der Waals surface area contributed by atoms with Crippen LogP contribution in [-0.2, 0) is 16.6 Å². The maximum atomic E-state index is 13.0. The van der Waals surface area contributed by atoms with Crippen LogP contribution >= 0.6 is 0 Å². The number of hydrogen-bond acceptors (Lipinski definition) is 5. The summed E-state index contributed by atoms with van der Waals surface area (Å²) in [4.78, 5) is 1.63. The molecular weight excluding hydrogens is 350 g/mol. The fourth-order valence-electron chi connectivity index (χ4n) is 3.73. The van der Waals surface area contributed by atoms with E-state index in [0.717, 1.165) is 30.6 Å². The molecule has 2 aromatic rings. The smallest absolute Gasteiger partial charge is 0.236 e. The van der Waals surface area contributed by atoms with Gasteiger partial charge in [0.05, 0.1) is 11.4 Å². The summed E-state index contributed by atoms with van der Waals surface area (Å²) in [5.41, 5.74) is 1.77. The molecule has 1 aromatic carbocycles. The van der Waals surface area contributed by atoms with Gasteiger partial charge in [-0.25, -0.2) is 13.1 Å². The number of likely N-dealkylation sites (tertiary alicyclic amines) is 1. The number of sulfonamides is 1.